The summed E-state index contributed by atoms with van der Waals surface area (Å²) >= 11 is 0. The molecule has 0 aliphatic rings. The number of rotatable bonds is 5. The first-order valence-corrected chi connectivity index (χ1v) is 4.99. The van der Waals surface area contributed by atoms with E-state index in [0.29, 0.717) is 5.75 Å². The molecule has 0 spiro atoms. The minimum Gasteiger partial charge on any atom is -0.492 e. The molecule has 0 saturated carbocycles. The molecule has 0 aliphatic carbocycles. The molecule has 6 heteroatoms. The Hall–Kier alpha value is -2.11. The first kappa shape index (κ1) is 13.0. The van der Waals surface area contributed by atoms with E-state index in [0.717, 1.165) is 0 Å². The van der Waals surface area contributed by atoms with Gasteiger partial charge in [-0.05, 0) is 13.0 Å². The van der Waals surface area contributed by atoms with Crippen molar-refractivity contribution in [2.45, 2.75) is 6.92 Å². The molecule has 1 unspecified atom stereocenters. The average molecular weight is 239 g/mol. The number of nitro benzene ring substituents is 1. The lowest BCUT2D eigenvalue weighted by atomic mass is 10.2. The van der Waals surface area contributed by atoms with Crippen molar-refractivity contribution in [3.05, 3.63) is 34.4 Å². The van der Waals surface area contributed by atoms with E-state index in [1.165, 1.54) is 25.3 Å². The van der Waals surface area contributed by atoms with E-state index >= 15 is 0 Å². The van der Waals surface area contributed by atoms with Gasteiger partial charge in [-0.3, -0.25) is 14.9 Å². The number of benzene rings is 1. The van der Waals surface area contributed by atoms with Crippen LogP contribution < -0.4 is 4.74 Å². The second-order valence-electron chi connectivity index (χ2n) is 3.49. The third kappa shape index (κ3) is 3.75. The van der Waals surface area contributed by atoms with E-state index in [1.54, 1.807) is 13.0 Å². The van der Waals surface area contributed by atoms with Gasteiger partial charge in [0, 0.05) is 6.07 Å². The second-order valence-corrected chi connectivity index (χ2v) is 3.49. The molecule has 1 aromatic carbocycles. The molecule has 0 aromatic heterocycles. The van der Waals surface area contributed by atoms with Crippen LogP contribution >= 0.6 is 0 Å². The lowest BCUT2D eigenvalue weighted by Crippen LogP contribution is -2.19. The van der Waals surface area contributed by atoms with Crippen LogP contribution in [-0.2, 0) is 9.53 Å². The number of carbonyl (C=O) groups excluding carboxylic acids is 1. The molecular formula is C11H13NO5. The summed E-state index contributed by atoms with van der Waals surface area (Å²) in [7, 11) is 1.30. The molecule has 0 aliphatic heterocycles. The normalized spacial score (nSPS) is 11.6. The Morgan fingerprint density at radius 3 is 2.82 bits per heavy atom. The van der Waals surface area contributed by atoms with Gasteiger partial charge in [-0.1, -0.05) is 6.07 Å². The summed E-state index contributed by atoms with van der Waals surface area (Å²) in [6.07, 6.45) is 0. The van der Waals surface area contributed by atoms with E-state index in [4.69, 9.17) is 4.74 Å². The van der Waals surface area contributed by atoms with Crippen molar-refractivity contribution in [2.24, 2.45) is 5.92 Å². The van der Waals surface area contributed by atoms with Crippen LogP contribution in [0.5, 0.6) is 5.75 Å². The van der Waals surface area contributed by atoms with Gasteiger partial charge >= 0.3 is 5.97 Å². The van der Waals surface area contributed by atoms with Gasteiger partial charge in [0.2, 0.25) is 0 Å². The molecule has 1 rings (SSSR count). The Morgan fingerprint density at radius 2 is 2.24 bits per heavy atom. The molecule has 0 N–H and O–H groups in total. The van der Waals surface area contributed by atoms with Crippen LogP contribution in [0, 0.1) is 16.0 Å². The summed E-state index contributed by atoms with van der Waals surface area (Å²) < 4.78 is 9.81. The predicted molar refractivity (Wildman–Crippen MR) is 59.8 cm³/mol. The molecule has 0 bridgehead atoms. The Morgan fingerprint density at radius 1 is 1.53 bits per heavy atom. The monoisotopic (exact) mass is 239 g/mol. The minimum absolute atomic E-state index is 0.0479. The maximum Gasteiger partial charge on any atom is 0.311 e. The molecule has 1 aromatic rings. The van der Waals surface area contributed by atoms with Crippen molar-refractivity contribution in [2.75, 3.05) is 13.7 Å². The van der Waals surface area contributed by atoms with E-state index in [-0.39, 0.29) is 18.3 Å². The summed E-state index contributed by atoms with van der Waals surface area (Å²) in [4.78, 5) is 21.1. The largest absolute Gasteiger partial charge is 0.492 e. The van der Waals surface area contributed by atoms with E-state index in [9.17, 15) is 14.9 Å². The zero-order valence-electron chi connectivity index (χ0n) is 9.58. The van der Waals surface area contributed by atoms with Gasteiger partial charge in [0.15, 0.2) is 0 Å². The Labute approximate surface area is 98.3 Å². The Kier molecular flexibility index (Phi) is 4.45. The van der Waals surface area contributed by atoms with E-state index in [1.807, 2.05) is 0 Å². The number of methoxy groups -OCH3 is 1. The fourth-order valence-corrected chi connectivity index (χ4v) is 1.18. The van der Waals surface area contributed by atoms with Crippen molar-refractivity contribution in [1.82, 2.24) is 0 Å². The van der Waals surface area contributed by atoms with Gasteiger partial charge in [0.05, 0.1) is 24.0 Å². The average Bonchev–Trinajstić information content (AvgIpc) is 2.35. The summed E-state index contributed by atoms with van der Waals surface area (Å²) in [5.41, 5.74) is -0.0479. The van der Waals surface area contributed by atoms with Crippen LogP contribution in [-0.4, -0.2) is 24.6 Å². The molecule has 0 radical (unpaired) electrons. The lowest BCUT2D eigenvalue weighted by molar-refractivity contribution is -0.384. The number of nitro groups is 1. The van der Waals surface area contributed by atoms with E-state index < -0.39 is 10.8 Å². The molecule has 1 atom stereocenters. The minimum atomic E-state index is -0.503. The highest BCUT2D eigenvalue weighted by Gasteiger charge is 2.14. The van der Waals surface area contributed by atoms with Gasteiger partial charge in [-0.2, -0.15) is 0 Å². The fraction of sp³-hybridized carbons (Fsp3) is 0.364. The number of esters is 1. The summed E-state index contributed by atoms with van der Waals surface area (Å²) in [5.74, 6) is -0.440. The second kappa shape index (κ2) is 5.83. The highest BCUT2D eigenvalue weighted by Crippen LogP contribution is 2.19. The van der Waals surface area contributed by atoms with Crippen molar-refractivity contribution >= 4 is 11.7 Å². The SMILES string of the molecule is COC(=O)C(C)COc1cccc([N+](=O)[O-])c1. The molecule has 0 saturated heterocycles. The van der Waals surface area contributed by atoms with Gasteiger partial charge in [0.1, 0.15) is 12.4 Å². The first-order chi connectivity index (χ1) is 8.04. The summed E-state index contributed by atoms with van der Waals surface area (Å²) in [5, 5.41) is 10.5. The Balaban J connectivity index is 2.60. The third-order valence-corrected chi connectivity index (χ3v) is 2.13. The maximum absolute atomic E-state index is 11.1. The lowest BCUT2D eigenvalue weighted by Gasteiger charge is -2.10. The summed E-state index contributed by atoms with van der Waals surface area (Å²) in [6.45, 7) is 1.77. The van der Waals surface area contributed by atoms with Crippen LogP contribution in [0.4, 0.5) is 5.69 Å². The number of carbonyl (C=O) groups is 1. The molecule has 6 nitrogen and oxygen atoms in total. The number of ether oxygens (including phenoxy) is 2. The number of nitrogens with zero attached hydrogens (tertiary/aromatic N) is 1. The van der Waals surface area contributed by atoms with Crippen LogP contribution in [0.3, 0.4) is 0 Å². The highest BCUT2D eigenvalue weighted by atomic mass is 16.6. The van der Waals surface area contributed by atoms with Gasteiger partial charge < -0.3 is 9.47 Å². The van der Waals surface area contributed by atoms with Crippen LogP contribution in [0.1, 0.15) is 6.92 Å². The van der Waals surface area contributed by atoms with Gasteiger partial charge in [-0.25, -0.2) is 0 Å². The third-order valence-electron chi connectivity index (χ3n) is 2.13. The van der Waals surface area contributed by atoms with Crippen molar-refractivity contribution in [1.29, 1.82) is 0 Å². The highest BCUT2D eigenvalue weighted by molar-refractivity contribution is 5.71. The Bertz CT molecular complexity index is 418. The number of hydrogen-bond acceptors (Lipinski definition) is 5. The standard InChI is InChI=1S/C11H13NO5/c1-8(11(13)16-2)7-17-10-5-3-4-9(6-10)12(14)15/h3-6,8H,7H2,1-2H3. The van der Waals surface area contributed by atoms with Crippen LogP contribution in [0.25, 0.3) is 0 Å². The maximum atomic E-state index is 11.1. The quantitative estimate of drug-likeness (QED) is 0.444. The van der Waals surface area contributed by atoms with Crippen molar-refractivity contribution in [3.63, 3.8) is 0 Å². The van der Waals surface area contributed by atoms with Gasteiger partial charge in [0.25, 0.3) is 5.69 Å². The molecule has 0 heterocycles. The zero-order chi connectivity index (χ0) is 12.8. The molecule has 0 amide bonds. The predicted octanol–water partition coefficient (Wildman–Crippen LogP) is 1.78. The number of hydrogen-bond donors (Lipinski definition) is 0. The smallest absolute Gasteiger partial charge is 0.311 e. The molecular weight excluding hydrogens is 226 g/mol. The topological polar surface area (TPSA) is 78.7 Å². The van der Waals surface area contributed by atoms with Crippen molar-refractivity contribution in [3.8, 4) is 5.75 Å². The fourth-order valence-electron chi connectivity index (χ4n) is 1.18. The molecule has 92 valence electrons. The van der Waals surface area contributed by atoms with Crippen LogP contribution in [0.15, 0.2) is 24.3 Å². The van der Waals surface area contributed by atoms with E-state index in [2.05, 4.69) is 4.74 Å². The first-order valence-electron chi connectivity index (χ1n) is 4.99. The summed E-state index contributed by atoms with van der Waals surface area (Å²) in [6, 6.07) is 5.80. The molecule has 17 heavy (non-hydrogen) atoms. The van der Waals surface area contributed by atoms with Crippen molar-refractivity contribution < 1.29 is 19.2 Å². The molecule has 0 fully saturated rings. The zero-order valence-corrected chi connectivity index (χ0v) is 9.58. The van der Waals surface area contributed by atoms with Gasteiger partial charge in [-0.15, -0.1) is 0 Å². The number of non-ortho nitro benzene ring substituents is 1. The van der Waals surface area contributed by atoms with Crippen LogP contribution in [0.2, 0.25) is 0 Å².